The predicted molar refractivity (Wildman–Crippen MR) is 93.3 cm³/mol. The number of hydrogen-bond acceptors (Lipinski definition) is 2. The molecule has 2 rings (SSSR count). The Morgan fingerprint density at radius 2 is 1.71 bits per heavy atom. The molecule has 1 atom stereocenters. The van der Waals surface area contributed by atoms with E-state index in [0.717, 1.165) is 17.3 Å². The molecule has 0 amide bonds. The van der Waals surface area contributed by atoms with E-state index in [9.17, 15) is 0 Å². The Balaban J connectivity index is 2.16. The fraction of sp³-hybridized carbons (Fsp3) is 0.333. The normalized spacial score (nSPS) is 12.4. The quantitative estimate of drug-likeness (QED) is 0.634. The summed E-state index contributed by atoms with van der Waals surface area (Å²) in [5.41, 5.74) is 9.68. The molecule has 2 nitrogen and oxygen atoms in total. The van der Waals surface area contributed by atoms with Crippen molar-refractivity contribution in [2.75, 3.05) is 0 Å². The third kappa shape index (κ3) is 4.40. The fourth-order valence-electron chi connectivity index (χ4n) is 2.92. The van der Waals surface area contributed by atoms with E-state index in [1.807, 2.05) is 6.07 Å². The summed E-state index contributed by atoms with van der Waals surface area (Å²) in [5, 5.41) is 0. The van der Waals surface area contributed by atoms with E-state index in [0.29, 0.717) is 0 Å². The van der Waals surface area contributed by atoms with Gasteiger partial charge in [-0.15, -0.1) is 0 Å². The lowest BCUT2D eigenvalue weighted by atomic mass is 9.92. The van der Waals surface area contributed by atoms with Gasteiger partial charge in [0, 0.05) is 10.5 Å². The van der Waals surface area contributed by atoms with E-state index in [1.165, 1.54) is 27.8 Å². The summed E-state index contributed by atoms with van der Waals surface area (Å²) in [4.78, 5) is 0. The van der Waals surface area contributed by atoms with Gasteiger partial charge in [0.25, 0.3) is 0 Å². The molecule has 0 fully saturated rings. The molecule has 1 unspecified atom stereocenters. The molecule has 0 radical (unpaired) electrons. The second kappa shape index (κ2) is 7.21. The van der Waals surface area contributed by atoms with Crippen molar-refractivity contribution in [3.05, 3.63) is 68.7 Å². The number of hydrogen-bond donors (Lipinski definition) is 2. The lowest BCUT2D eigenvalue weighted by molar-refractivity contribution is 0.520. The zero-order valence-electron chi connectivity index (χ0n) is 12.9. The maximum atomic E-state index is 5.77. The molecular weight excluding hydrogens is 324 g/mol. The van der Waals surface area contributed by atoms with Crippen molar-refractivity contribution < 1.29 is 0 Å². The number of nitrogens with one attached hydrogen (secondary N) is 1. The van der Waals surface area contributed by atoms with Gasteiger partial charge in [-0.1, -0.05) is 45.8 Å². The number of rotatable bonds is 5. The van der Waals surface area contributed by atoms with Crippen LogP contribution in [0.2, 0.25) is 0 Å². The zero-order valence-corrected chi connectivity index (χ0v) is 14.5. The Morgan fingerprint density at radius 1 is 1.05 bits per heavy atom. The first-order chi connectivity index (χ1) is 9.99. The van der Waals surface area contributed by atoms with Crippen molar-refractivity contribution in [3.8, 4) is 0 Å². The molecule has 0 heterocycles. The van der Waals surface area contributed by atoms with Crippen LogP contribution >= 0.6 is 15.9 Å². The molecule has 112 valence electrons. The summed E-state index contributed by atoms with van der Waals surface area (Å²) >= 11 is 3.52. The number of hydrazine groups is 1. The Kier molecular flexibility index (Phi) is 5.57. The number of aryl methyl sites for hydroxylation is 3. The third-order valence-electron chi connectivity index (χ3n) is 3.90. The SMILES string of the molecule is Cc1cc(C)c(CC(Cc2cccc(Br)c2)NN)c(C)c1. The highest BCUT2D eigenvalue weighted by molar-refractivity contribution is 9.10. The van der Waals surface area contributed by atoms with Crippen LogP contribution in [0.4, 0.5) is 0 Å². The number of benzene rings is 2. The first-order valence-corrected chi connectivity index (χ1v) is 8.06. The average molecular weight is 347 g/mol. The van der Waals surface area contributed by atoms with Gasteiger partial charge in [-0.2, -0.15) is 0 Å². The summed E-state index contributed by atoms with van der Waals surface area (Å²) in [7, 11) is 0. The minimum Gasteiger partial charge on any atom is -0.271 e. The summed E-state index contributed by atoms with van der Waals surface area (Å²) in [5.74, 6) is 5.77. The van der Waals surface area contributed by atoms with Gasteiger partial charge in [0.1, 0.15) is 0 Å². The van der Waals surface area contributed by atoms with Crippen LogP contribution in [0.1, 0.15) is 27.8 Å². The van der Waals surface area contributed by atoms with Crippen LogP contribution in [0.15, 0.2) is 40.9 Å². The van der Waals surface area contributed by atoms with Crippen molar-refractivity contribution in [3.63, 3.8) is 0 Å². The van der Waals surface area contributed by atoms with E-state index < -0.39 is 0 Å². The van der Waals surface area contributed by atoms with E-state index in [-0.39, 0.29) is 6.04 Å². The van der Waals surface area contributed by atoms with Crippen LogP contribution in [-0.2, 0) is 12.8 Å². The van der Waals surface area contributed by atoms with Gasteiger partial charge in [0.05, 0.1) is 0 Å². The topological polar surface area (TPSA) is 38.0 Å². The van der Waals surface area contributed by atoms with Crippen LogP contribution < -0.4 is 11.3 Å². The van der Waals surface area contributed by atoms with Crippen LogP contribution in [-0.4, -0.2) is 6.04 Å². The minimum absolute atomic E-state index is 0.236. The van der Waals surface area contributed by atoms with Gasteiger partial charge in [-0.05, 0) is 68.0 Å². The van der Waals surface area contributed by atoms with Crippen LogP contribution in [0.5, 0.6) is 0 Å². The Hall–Kier alpha value is -1.16. The maximum Gasteiger partial charge on any atom is 0.0291 e. The molecule has 0 aromatic heterocycles. The molecule has 0 saturated heterocycles. The first kappa shape index (κ1) is 16.2. The van der Waals surface area contributed by atoms with Crippen molar-refractivity contribution in [1.29, 1.82) is 0 Å². The molecule has 3 N–H and O–H groups in total. The standard InChI is InChI=1S/C18H23BrN2/c1-12-7-13(2)18(14(3)8-12)11-17(21-20)10-15-5-4-6-16(19)9-15/h4-9,17,21H,10-11,20H2,1-3H3. The van der Waals surface area contributed by atoms with Crippen molar-refractivity contribution in [2.45, 2.75) is 39.7 Å². The lowest BCUT2D eigenvalue weighted by Gasteiger charge is -2.19. The molecule has 21 heavy (non-hydrogen) atoms. The van der Waals surface area contributed by atoms with Gasteiger partial charge >= 0.3 is 0 Å². The monoisotopic (exact) mass is 346 g/mol. The molecular formula is C18H23BrN2. The lowest BCUT2D eigenvalue weighted by Crippen LogP contribution is -2.38. The maximum absolute atomic E-state index is 5.77. The van der Waals surface area contributed by atoms with E-state index in [4.69, 9.17) is 5.84 Å². The highest BCUT2D eigenvalue weighted by atomic mass is 79.9. The first-order valence-electron chi connectivity index (χ1n) is 7.27. The van der Waals surface area contributed by atoms with Crippen LogP contribution in [0.3, 0.4) is 0 Å². The molecule has 0 aliphatic carbocycles. The predicted octanol–water partition coefficient (Wildman–Crippen LogP) is 3.99. The summed E-state index contributed by atoms with van der Waals surface area (Å²) in [6, 6.07) is 13.1. The zero-order chi connectivity index (χ0) is 15.4. The van der Waals surface area contributed by atoms with Gasteiger partial charge < -0.3 is 0 Å². The van der Waals surface area contributed by atoms with Crippen molar-refractivity contribution in [2.24, 2.45) is 5.84 Å². The second-order valence-electron chi connectivity index (χ2n) is 5.78. The van der Waals surface area contributed by atoms with Gasteiger partial charge in [0.2, 0.25) is 0 Å². The number of halogens is 1. The molecule has 0 spiro atoms. The number of nitrogens with two attached hydrogens (primary N) is 1. The van der Waals surface area contributed by atoms with Crippen molar-refractivity contribution in [1.82, 2.24) is 5.43 Å². The van der Waals surface area contributed by atoms with Crippen molar-refractivity contribution >= 4 is 15.9 Å². The smallest absolute Gasteiger partial charge is 0.0291 e. The highest BCUT2D eigenvalue weighted by Gasteiger charge is 2.13. The molecule has 2 aromatic carbocycles. The minimum atomic E-state index is 0.236. The van der Waals surface area contributed by atoms with Gasteiger partial charge in [-0.25, -0.2) is 0 Å². The van der Waals surface area contributed by atoms with E-state index >= 15 is 0 Å². The fourth-order valence-corrected chi connectivity index (χ4v) is 3.36. The Morgan fingerprint density at radius 3 is 2.29 bits per heavy atom. The molecule has 3 heteroatoms. The Labute approximate surface area is 135 Å². The molecule has 0 aliphatic heterocycles. The second-order valence-corrected chi connectivity index (χ2v) is 6.69. The molecule has 0 saturated carbocycles. The highest BCUT2D eigenvalue weighted by Crippen LogP contribution is 2.20. The molecule has 0 bridgehead atoms. The Bertz CT molecular complexity index is 599. The van der Waals surface area contributed by atoms with Gasteiger partial charge in [0.15, 0.2) is 0 Å². The third-order valence-corrected chi connectivity index (χ3v) is 4.39. The van der Waals surface area contributed by atoms with Crippen LogP contribution in [0.25, 0.3) is 0 Å². The van der Waals surface area contributed by atoms with Gasteiger partial charge in [-0.3, -0.25) is 11.3 Å². The largest absolute Gasteiger partial charge is 0.271 e. The summed E-state index contributed by atoms with van der Waals surface area (Å²) < 4.78 is 1.11. The molecule has 2 aromatic rings. The average Bonchev–Trinajstić information content (AvgIpc) is 2.41. The molecule has 0 aliphatic rings. The van der Waals surface area contributed by atoms with Crippen LogP contribution in [0, 0.1) is 20.8 Å². The van der Waals surface area contributed by atoms with E-state index in [2.05, 4.69) is 72.5 Å². The summed E-state index contributed by atoms with van der Waals surface area (Å²) in [6.07, 6.45) is 1.86. The summed E-state index contributed by atoms with van der Waals surface area (Å²) in [6.45, 7) is 6.51. The van der Waals surface area contributed by atoms with E-state index in [1.54, 1.807) is 0 Å².